The van der Waals surface area contributed by atoms with Gasteiger partial charge >= 0.3 is 163 Å². The molecule has 0 aromatic heterocycles. The molecule has 0 atom stereocenters. The molecule has 3 aromatic carbocycles. The molecule has 0 bridgehead atoms. The van der Waals surface area contributed by atoms with Crippen molar-refractivity contribution in [2.75, 3.05) is 0 Å². The SMILES string of the molecule is [CH2]=[Hf+2]([CH3])([C]1=CC=CC1)([c]1ccccc1)[CH]1c2ccccc2-c2ccccc21.[Cl-].[Cl-]. The summed E-state index contributed by atoms with van der Waals surface area (Å²) in [6.07, 6.45) is 7.95. The normalized spacial score (nSPS) is 14.2. The van der Waals surface area contributed by atoms with Crippen LogP contribution in [0.5, 0.6) is 0 Å². The zero-order valence-corrected chi connectivity index (χ0v) is 21.6. The minimum absolute atomic E-state index is 0. The third-order valence-corrected chi connectivity index (χ3v) is 29.4. The van der Waals surface area contributed by atoms with Crippen LogP contribution in [0.3, 0.4) is 0 Å². The summed E-state index contributed by atoms with van der Waals surface area (Å²) in [5.74, 6) is 0. The molecule has 0 heterocycles. The van der Waals surface area contributed by atoms with Crippen molar-refractivity contribution < 1.29 is 42.8 Å². The van der Waals surface area contributed by atoms with Crippen LogP contribution >= 0.6 is 0 Å². The number of hydrogen-bond acceptors (Lipinski definition) is 0. The van der Waals surface area contributed by atoms with Gasteiger partial charge in [-0.15, -0.1) is 0 Å². The van der Waals surface area contributed by atoms with Crippen LogP contribution in [0.4, 0.5) is 0 Å². The van der Waals surface area contributed by atoms with Gasteiger partial charge in [0.2, 0.25) is 0 Å². The molecular weight excluding hydrogens is 562 g/mol. The van der Waals surface area contributed by atoms with E-state index in [-0.39, 0.29) is 24.8 Å². The Bertz CT molecular complexity index is 1130. The molecule has 3 heteroatoms. The predicted molar refractivity (Wildman–Crippen MR) is 115 cm³/mol. The summed E-state index contributed by atoms with van der Waals surface area (Å²) >= 11 is -4.03. The number of halogens is 2. The predicted octanol–water partition coefficient (Wildman–Crippen LogP) is 0.103. The van der Waals surface area contributed by atoms with Crippen LogP contribution < -0.4 is 28.1 Å². The van der Waals surface area contributed by atoms with E-state index in [1.807, 2.05) is 0 Å². The van der Waals surface area contributed by atoms with Crippen LogP contribution in [0.1, 0.15) is 21.2 Å². The second kappa shape index (κ2) is 7.95. The van der Waals surface area contributed by atoms with E-state index in [1.54, 1.807) is 3.33 Å². The molecule has 0 nitrogen and oxygen atoms in total. The first-order valence-electron chi connectivity index (χ1n) is 9.75. The zero-order valence-electron chi connectivity index (χ0n) is 16.5. The summed E-state index contributed by atoms with van der Waals surface area (Å²) in [6.45, 7) is 0. The summed E-state index contributed by atoms with van der Waals surface area (Å²) in [6, 6.07) is 29.2. The van der Waals surface area contributed by atoms with Gasteiger partial charge in [0, 0.05) is 0 Å². The monoisotopic (exact) mass is 586 g/mol. The van der Waals surface area contributed by atoms with E-state index in [2.05, 4.69) is 102 Å². The van der Waals surface area contributed by atoms with Crippen molar-refractivity contribution in [2.24, 2.45) is 0 Å². The standard InChI is InChI=1S/C13H9.C6H5.C5H5.CH3.CH2.2ClH.Hf/c1-3-7-12-10(5-1)9-11-6-2-4-8-13(11)12;1-2-4-6-5-3-1;1-2-4-5-3-1;;;;;/h1-9H;1-5H;1-3H,4H2;1H3;1H2;2*1H;/q;;;;;;;+2/p-2. The molecule has 0 aliphatic heterocycles. The molecule has 146 valence electrons. The molecule has 0 unspecified atom stereocenters. The fraction of sp³-hybridized carbons (Fsp3) is 0.115. The smallest absolute Gasteiger partial charge is 1.00 e. The first-order valence-corrected chi connectivity index (χ1v) is 21.6. The molecule has 5 rings (SSSR count). The Morgan fingerprint density at radius 2 is 1.28 bits per heavy atom. The van der Waals surface area contributed by atoms with Crippen molar-refractivity contribution in [1.82, 2.24) is 0 Å². The fourth-order valence-electron chi connectivity index (χ4n) is 5.40. The molecule has 2 aliphatic carbocycles. The third-order valence-electron chi connectivity index (χ3n) is 6.86. The Morgan fingerprint density at radius 1 is 0.759 bits per heavy atom. The van der Waals surface area contributed by atoms with Crippen molar-refractivity contribution in [1.29, 1.82) is 0 Å². The van der Waals surface area contributed by atoms with Gasteiger partial charge < -0.3 is 24.8 Å². The van der Waals surface area contributed by atoms with Crippen LogP contribution in [0.15, 0.2) is 100 Å². The van der Waals surface area contributed by atoms with Gasteiger partial charge in [-0.25, -0.2) is 0 Å². The second-order valence-electron chi connectivity index (χ2n) is 8.41. The third kappa shape index (κ3) is 3.10. The minimum Gasteiger partial charge on any atom is -1.00 e. The maximum atomic E-state index is 5.24. The van der Waals surface area contributed by atoms with Gasteiger partial charge in [-0.2, -0.15) is 0 Å². The number of rotatable bonds is 3. The number of fused-ring (bicyclic) bond motifs is 3. The molecule has 0 saturated carbocycles. The van der Waals surface area contributed by atoms with Gasteiger partial charge in [0.15, 0.2) is 0 Å². The Hall–Kier alpha value is -1.54. The van der Waals surface area contributed by atoms with Crippen molar-refractivity contribution >= 4 is 7.58 Å². The Kier molecular flexibility index (Phi) is 6.07. The summed E-state index contributed by atoms with van der Waals surface area (Å²) in [5, 5.41) is 0. The van der Waals surface area contributed by atoms with Gasteiger partial charge in [0.05, 0.1) is 0 Å². The molecule has 0 spiro atoms. The summed E-state index contributed by atoms with van der Waals surface area (Å²) in [5.41, 5.74) is 5.74. The Labute approximate surface area is 186 Å². The summed E-state index contributed by atoms with van der Waals surface area (Å²) in [7, 11) is 0. The van der Waals surface area contributed by atoms with E-state index >= 15 is 0 Å². The number of allylic oxidation sites excluding steroid dienone is 4. The molecule has 2 aliphatic rings. The van der Waals surface area contributed by atoms with Crippen molar-refractivity contribution in [3.05, 3.63) is 112 Å². The molecular formula is C26H24Cl2Hf. The maximum absolute atomic E-state index is 5.24. The van der Waals surface area contributed by atoms with Gasteiger partial charge in [-0.05, 0) is 0 Å². The molecule has 29 heavy (non-hydrogen) atoms. The van der Waals surface area contributed by atoms with E-state index in [1.165, 1.54) is 25.6 Å². The number of hydrogen-bond donors (Lipinski definition) is 0. The molecule has 3 aromatic rings. The van der Waals surface area contributed by atoms with Gasteiger partial charge in [0.25, 0.3) is 0 Å². The van der Waals surface area contributed by atoms with Crippen LogP contribution in [-0.4, -0.2) is 4.26 Å². The summed E-state index contributed by atoms with van der Waals surface area (Å²) < 4.78 is 11.3. The van der Waals surface area contributed by atoms with Crippen LogP contribution in [0.2, 0.25) is 4.68 Å². The van der Waals surface area contributed by atoms with E-state index < -0.39 is 18.0 Å². The van der Waals surface area contributed by atoms with Crippen LogP contribution in [0.25, 0.3) is 11.1 Å². The van der Waals surface area contributed by atoms with E-state index in [4.69, 9.17) is 4.26 Å². The van der Waals surface area contributed by atoms with Gasteiger partial charge in [0.1, 0.15) is 0 Å². The molecule has 0 saturated heterocycles. The first-order chi connectivity index (χ1) is 13.1. The topological polar surface area (TPSA) is 0 Å². The van der Waals surface area contributed by atoms with Crippen molar-refractivity contribution in [3.63, 3.8) is 0 Å². The minimum atomic E-state index is -4.03. The number of benzene rings is 3. The molecule has 0 amide bonds. The van der Waals surface area contributed by atoms with Crippen molar-refractivity contribution in [3.8, 4) is 11.1 Å². The molecule has 0 radical (unpaired) electrons. The quantitative estimate of drug-likeness (QED) is 0.383. The van der Waals surface area contributed by atoms with Crippen LogP contribution in [0, 0.1) is 0 Å². The van der Waals surface area contributed by atoms with E-state index in [9.17, 15) is 0 Å². The average Bonchev–Trinajstić information content (AvgIpc) is 3.36. The average molecular weight is 586 g/mol. The Morgan fingerprint density at radius 3 is 1.79 bits per heavy atom. The van der Waals surface area contributed by atoms with E-state index in [0.717, 1.165) is 6.42 Å². The fourth-order valence-corrected chi connectivity index (χ4v) is 25.6. The zero-order chi connectivity index (χ0) is 18.5. The van der Waals surface area contributed by atoms with Gasteiger partial charge in [-0.3, -0.25) is 0 Å². The largest absolute Gasteiger partial charge is 1.00 e. The van der Waals surface area contributed by atoms with E-state index in [0.29, 0.717) is 3.67 Å². The molecule has 0 fully saturated rings. The van der Waals surface area contributed by atoms with Crippen molar-refractivity contribution in [2.45, 2.75) is 14.8 Å². The van der Waals surface area contributed by atoms with Gasteiger partial charge in [-0.1, -0.05) is 0 Å². The van der Waals surface area contributed by atoms with Crippen LogP contribution in [-0.2, 0) is 18.0 Å². The summed E-state index contributed by atoms with van der Waals surface area (Å²) in [4.78, 5) is 0. The Balaban J connectivity index is 0.00000120. The second-order valence-corrected chi connectivity index (χ2v) is 30.1. The maximum Gasteiger partial charge on any atom is -1.00 e. The molecule has 0 N–H and O–H groups in total. The first kappa shape index (κ1) is 22.2.